The molecule has 1 N–H and O–H groups in total. The van der Waals surface area contributed by atoms with Crippen molar-refractivity contribution in [3.63, 3.8) is 0 Å². The Balaban J connectivity index is 2.02. The Labute approximate surface area is 142 Å². The van der Waals surface area contributed by atoms with Crippen LogP contribution in [0.1, 0.15) is 27.0 Å². The maximum absolute atomic E-state index is 12.0. The molecule has 0 heterocycles. The predicted molar refractivity (Wildman–Crippen MR) is 98.0 cm³/mol. The second-order valence-corrected chi connectivity index (χ2v) is 5.96. The standard InChI is InChI=1S/C20H22N2O2/c1-14-5-11-18(15(2)13-14)21-19(23)12-8-16-6-9-17(10-7-16)20(24)22(3)4/h5-13H,1-4H3,(H,21,23)/b12-8+. The van der Waals surface area contributed by atoms with Gasteiger partial charge >= 0.3 is 0 Å². The zero-order valence-corrected chi connectivity index (χ0v) is 14.5. The third-order valence-electron chi connectivity index (χ3n) is 3.63. The normalized spacial score (nSPS) is 10.7. The van der Waals surface area contributed by atoms with Crippen molar-refractivity contribution >= 4 is 23.6 Å². The van der Waals surface area contributed by atoms with Crippen LogP contribution in [0.4, 0.5) is 5.69 Å². The van der Waals surface area contributed by atoms with Crippen molar-refractivity contribution in [2.75, 3.05) is 19.4 Å². The van der Waals surface area contributed by atoms with Crippen molar-refractivity contribution < 1.29 is 9.59 Å². The number of nitrogens with zero attached hydrogens (tertiary/aromatic N) is 1. The highest BCUT2D eigenvalue weighted by Gasteiger charge is 2.06. The summed E-state index contributed by atoms with van der Waals surface area (Å²) in [4.78, 5) is 25.4. The fourth-order valence-electron chi connectivity index (χ4n) is 2.30. The summed E-state index contributed by atoms with van der Waals surface area (Å²) < 4.78 is 0. The quantitative estimate of drug-likeness (QED) is 0.873. The van der Waals surface area contributed by atoms with Crippen LogP contribution < -0.4 is 5.32 Å². The minimum atomic E-state index is -0.185. The fraction of sp³-hybridized carbons (Fsp3) is 0.200. The van der Waals surface area contributed by atoms with E-state index in [0.717, 1.165) is 22.4 Å². The zero-order valence-electron chi connectivity index (χ0n) is 14.5. The molecule has 0 aliphatic heterocycles. The topological polar surface area (TPSA) is 49.4 Å². The number of carbonyl (C=O) groups excluding carboxylic acids is 2. The molecule has 4 heteroatoms. The summed E-state index contributed by atoms with van der Waals surface area (Å²) in [7, 11) is 3.43. The molecule has 0 fully saturated rings. The van der Waals surface area contributed by atoms with E-state index in [-0.39, 0.29) is 11.8 Å². The molecule has 124 valence electrons. The van der Waals surface area contributed by atoms with Gasteiger partial charge in [0, 0.05) is 31.4 Å². The third-order valence-corrected chi connectivity index (χ3v) is 3.63. The van der Waals surface area contributed by atoms with E-state index in [4.69, 9.17) is 0 Å². The first-order valence-corrected chi connectivity index (χ1v) is 7.75. The number of carbonyl (C=O) groups is 2. The van der Waals surface area contributed by atoms with Gasteiger partial charge in [-0.25, -0.2) is 0 Å². The van der Waals surface area contributed by atoms with Gasteiger partial charge < -0.3 is 10.2 Å². The first kappa shape index (κ1) is 17.5. The molecule has 0 saturated heterocycles. The zero-order chi connectivity index (χ0) is 17.7. The van der Waals surface area contributed by atoms with Crippen LogP contribution in [0, 0.1) is 13.8 Å². The van der Waals surface area contributed by atoms with Gasteiger partial charge in [-0.15, -0.1) is 0 Å². The fourth-order valence-corrected chi connectivity index (χ4v) is 2.30. The van der Waals surface area contributed by atoms with Crippen LogP contribution in [0.3, 0.4) is 0 Å². The van der Waals surface area contributed by atoms with Gasteiger partial charge in [0.2, 0.25) is 5.91 Å². The third kappa shape index (κ3) is 4.56. The lowest BCUT2D eigenvalue weighted by Crippen LogP contribution is -2.21. The molecule has 0 aliphatic carbocycles. The highest BCUT2D eigenvalue weighted by atomic mass is 16.2. The predicted octanol–water partition coefficient (Wildman–Crippen LogP) is 3.66. The summed E-state index contributed by atoms with van der Waals surface area (Å²) in [5.74, 6) is -0.228. The minimum absolute atomic E-state index is 0.0434. The molecule has 2 aromatic rings. The number of rotatable bonds is 4. The van der Waals surface area contributed by atoms with Gasteiger partial charge in [0.15, 0.2) is 0 Å². The molecule has 4 nitrogen and oxygen atoms in total. The minimum Gasteiger partial charge on any atom is -0.345 e. The van der Waals surface area contributed by atoms with Crippen molar-refractivity contribution in [2.45, 2.75) is 13.8 Å². The van der Waals surface area contributed by atoms with Gasteiger partial charge in [-0.1, -0.05) is 29.8 Å². The van der Waals surface area contributed by atoms with Gasteiger partial charge in [-0.2, -0.15) is 0 Å². The van der Waals surface area contributed by atoms with Crippen LogP contribution in [0.2, 0.25) is 0 Å². The largest absolute Gasteiger partial charge is 0.345 e. The monoisotopic (exact) mass is 322 g/mol. The number of amides is 2. The van der Waals surface area contributed by atoms with Crippen molar-refractivity contribution in [1.29, 1.82) is 0 Å². The van der Waals surface area contributed by atoms with E-state index in [2.05, 4.69) is 5.32 Å². The molecule has 0 saturated carbocycles. The molecule has 0 bridgehead atoms. The summed E-state index contributed by atoms with van der Waals surface area (Å²) >= 11 is 0. The van der Waals surface area contributed by atoms with Crippen LogP contribution >= 0.6 is 0 Å². The van der Waals surface area contributed by atoms with E-state index in [1.54, 1.807) is 32.3 Å². The molecule has 0 unspecified atom stereocenters. The first-order valence-electron chi connectivity index (χ1n) is 7.75. The van der Waals surface area contributed by atoms with E-state index < -0.39 is 0 Å². The number of hydrogen-bond acceptors (Lipinski definition) is 2. The van der Waals surface area contributed by atoms with Gasteiger partial charge in [0.25, 0.3) is 5.91 Å². The van der Waals surface area contributed by atoms with Crippen LogP contribution in [0.15, 0.2) is 48.5 Å². The maximum atomic E-state index is 12.0. The van der Waals surface area contributed by atoms with Crippen molar-refractivity contribution in [1.82, 2.24) is 4.90 Å². The second-order valence-electron chi connectivity index (χ2n) is 5.96. The van der Waals surface area contributed by atoms with Crippen molar-refractivity contribution in [2.24, 2.45) is 0 Å². The Kier molecular flexibility index (Phi) is 5.53. The maximum Gasteiger partial charge on any atom is 0.253 e. The smallest absolute Gasteiger partial charge is 0.253 e. The Hall–Kier alpha value is -2.88. The number of anilines is 1. The number of nitrogens with one attached hydrogen (secondary N) is 1. The van der Waals surface area contributed by atoms with Crippen molar-refractivity contribution in [3.8, 4) is 0 Å². The van der Waals surface area contributed by atoms with E-state index in [9.17, 15) is 9.59 Å². The summed E-state index contributed by atoms with van der Waals surface area (Å²) in [6.45, 7) is 3.98. The summed E-state index contributed by atoms with van der Waals surface area (Å²) in [5, 5.41) is 2.87. The van der Waals surface area contributed by atoms with E-state index >= 15 is 0 Å². The molecule has 0 aromatic heterocycles. The lowest BCUT2D eigenvalue weighted by Gasteiger charge is -2.09. The molecular weight excluding hydrogens is 300 g/mol. The number of aryl methyl sites for hydroxylation is 2. The Morgan fingerprint density at radius 1 is 1.00 bits per heavy atom. The van der Waals surface area contributed by atoms with Crippen LogP contribution in [0.25, 0.3) is 6.08 Å². The Morgan fingerprint density at radius 2 is 1.67 bits per heavy atom. The highest BCUT2D eigenvalue weighted by Crippen LogP contribution is 2.16. The highest BCUT2D eigenvalue weighted by molar-refractivity contribution is 6.02. The molecule has 2 amide bonds. The van der Waals surface area contributed by atoms with Crippen LogP contribution in [0.5, 0.6) is 0 Å². The molecule has 0 radical (unpaired) electrons. The second kappa shape index (κ2) is 7.59. The van der Waals surface area contributed by atoms with E-state index in [1.807, 2.05) is 44.2 Å². The van der Waals surface area contributed by atoms with Gasteiger partial charge in [0.05, 0.1) is 0 Å². The average molecular weight is 322 g/mol. The molecular formula is C20H22N2O2. The number of hydrogen-bond donors (Lipinski definition) is 1. The van der Waals surface area contributed by atoms with Crippen LogP contribution in [-0.2, 0) is 4.79 Å². The Bertz CT molecular complexity index is 775. The lowest BCUT2D eigenvalue weighted by atomic mass is 10.1. The molecule has 2 rings (SSSR count). The molecule has 2 aromatic carbocycles. The first-order chi connectivity index (χ1) is 11.4. The SMILES string of the molecule is Cc1ccc(NC(=O)/C=C/c2ccc(C(=O)N(C)C)cc2)c(C)c1. The summed E-state index contributed by atoms with van der Waals surface area (Å²) in [5.41, 5.74) is 4.48. The molecule has 0 spiro atoms. The van der Waals surface area contributed by atoms with Gasteiger partial charge in [0.1, 0.15) is 0 Å². The van der Waals surface area contributed by atoms with Crippen molar-refractivity contribution in [3.05, 3.63) is 70.8 Å². The van der Waals surface area contributed by atoms with E-state index in [0.29, 0.717) is 5.56 Å². The summed E-state index contributed by atoms with van der Waals surface area (Å²) in [6, 6.07) is 13.0. The Morgan fingerprint density at radius 3 is 2.25 bits per heavy atom. The van der Waals surface area contributed by atoms with Gasteiger partial charge in [-0.05, 0) is 49.2 Å². The van der Waals surface area contributed by atoms with Crippen LogP contribution in [-0.4, -0.2) is 30.8 Å². The average Bonchev–Trinajstić information content (AvgIpc) is 2.55. The molecule has 24 heavy (non-hydrogen) atoms. The molecule has 0 atom stereocenters. The van der Waals surface area contributed by atoms with E-state index in [1.165, 1.54) is 11.0 Å². The lowest BCUT2D eigenvalue weighted by molar-refractivity contribution is -0.111. The van der Waals surface area contributed by atoms with Gasteiger partial charge in [-0.3, -0.25) is 9.59 Å². The molecule has 0 aliphatic rings. The summed E-state index contributed by atoms with van der Waals surface area (Å²) in [6.07, 6.45) is 3.21. The number of benzene rings is 2.